The van der Waals surface area contributed by atoms with Gasteiger partial charge in [0, 0.05) is 10.6 Å². The van der Waals surface area contributed by atoms with Crippen LogP contribution >= 0.6 is 11.8 Å². The highest BCUT2D eigenvalue weighted by Crippen LogP contribution is 2.24. The van der Waals surface area contributed by atoms with E-state index in [-0.39, 0.29) is 17.3 Å². The largest absolute Gasteiger partial charge is 0.399 e. The number of thioether (sulfide) groups is 1. The van der Waals surface area contributed by atoms with Crippen molar-refractivity contribution in [3.05, 3.63) is 53.8 Å². The van der Waals surface area contributed by atoms with Gasteiger partial charge in [-0.25, -0.2) is 4.39 Å². The van der Waals surface area contributed by atoms with Crippen molar-refractivity contribution in [3.8, 4) is 0 Å². The molecule has 0 radical (unpaired) electrons. The lowest BCUT2D eigenvalue weighted by atomic mass is 10.2. The van der Waals surface area contributed by atoms with E-state index in [1.807, 2.05) is 19.1 Å². The Kier molecular flexibility index (Phi) is 4.63. The van der Waals surface area contributed by atoms with Crippen LogP contribution in [0, 0.1) is 12.7 Å². The summed E-state index contributed by atoms with van der Waals surface area (Å²) in [5.74, 6) is -0.454. The molecule has 5 heteroatoms. The summed E-state index contributed by atoms with van der Waals surface area (Å²) < 4.78 is 13.4. The van der Waals surface area contributed by atoms with E-state index < -0.39 is 5.82 Å². The summed E-state index contributed by atoms with van der Waals surface area (Å²) in [5, 5.41) is 2.55. The molecule has 2 aromatic rings. The second-order valence-electron chi connectivity index (χ2n) is 4.34. The zero-order valence-corrected chi connectivity index (χ0v) is 11.8. The molecule has 0 aromatic heterocycles. The fourth-order valence-corrected chi connectivity index (χ4v) is 2.54. The van der Waals surface area contributed by atoms with Gasteiger partial charge in [-0.1, -0.05) is 12.1 Å². The highest BCUT2D eigenvalue weighted by atomic mass is 32.2. The Morgan fingerprint density at radius 1 is 1.30 bits per heavy atom. The quantitative estimate of drug-likeness (QED) is 0.670. The lowest BCUT2D eigenvalue weighted by Gasteiger charge is -2.08. The zero-order valence-electron chi connectivity index (χ0n) is 11.0. The maximum absolute atomic E-state index is 13.4. The standard InChI is InChI=1S/C15H15FN2OS/c1-10-8-11(17)6-7-14(10)20-9-15(19)18-13-5-3-2-4-12(13)16/h2-8H,9,17H2,1H3,(H,18,19). The van der Waals surface area contributed by atoms with Gasteiger partial charge in [-0.05, 0) is 42.8 Å². The third-order valence-electron chi connectivity index (χ3n) is 2.71. The molecule has 0 aliphatic heterocycles. The minimum Gasteiger partial charge on any atom is -0.399 e. The topological polar surface area (TPSA) is 55.1 Å². The fourth-order valence-electron chi connectivity index (χ4n) is 1.73. The number of rotatable bonds is 4. The molecule has 3 nitrogen and oxygen atoms in total. The second kappa shape index (κ2) is 6.43. The third-order valence-corrected chi connectivity index (χ3v) is 3.88. The lowest BCUT2D eigenvalue weighted by molar-refractivity contribution is -0.113. The van der Waals surface area contributed by atoms with Crippen LogP contribution in [0.25, 0.3) is 0 Å². The van der Waals surface area contributed by atoms with Crippen molar-refractivity contribution in [1.82, 2.24) is 0 Å². The van der Waals surface area contributed by atoms with Gasteiger partial charge < -0.3 is 11.1 Å². The lowest BCUT2D eigenvalue weighted by Crippen LogP contribution is -2.15. The first-order valence-electron chi connectivity index (χ1n) is 6.09. The predicted molar refractivity (Wildman–Crippen MR) is 81.3 cm³/mol. The molecule has 0 heterocycles. The van der Waals surface area contributed by atoms with E-state index in [4.69, 9.17) is 5.73 Å². The van der Waals surface area contributed by atoms with Crippen molar-refractivity contribution in [2.24, 2.45) is 0 Å². The Labute approximate surface area is 121 Å². The van der Waals surface area contributed by atoms with Crippen LogP contribution in [0.4, 0.5) is 15.8 Å². The van der Waals surface area contributed by atoms with E-state index in [1.54, 1.807) is 18.2 Å². The number of benzene rings is 2. The molecule has 20 heavy (non-hydrogen) atoms. The number of carbonyl (C=O) groups excluding carboxylic acids is 1. The van der Waals surface area contributed by atoms with Crippen LogP contribution in [0.2, 0.25) is 0 Å². The van der Waals surface area contributed by atoms with Gasteiger partial charge in [0.15, 0.2) is 0 Å². The average molecular weight is 290 g/mol. The summed E-state index contributed by atoms with van der Waals surface area (Å²) in [5.41, 5.74) is 7.59. The van der Waals surface area contributed by atoms with Gasteiger partial charge in [0.05, 0.1) is 11.4 Å². The first kappa shape index (κ1) is 14.4. The first-order valence-corrected chi connectivity index (χ1v) is 7.08. The van der Waals surface area contributed by atoms with E-state index >= 15 is 0 Å². The number of nitrogen functional groups attached to an aromatic ring is 1. The normalized spacial score (nSPS) is 10.3. The summed E-state index contributed by atoms with van der Waals surface area (Å²) in [6, 6.07) is 11.6. The molecule has 0 aliphatic rings. The van der Waals surface area contributed by atoms with Crippen LogP contribution in [-0.4, -0.2) is 11.7 Å². The van der Waals surface area contributed by atoms with Crippen molar-refractivity contribution in [1.29, 1.82) is 0 Å². The van der Waals surface area contributed by atoms with E-state index in [1.165, 1.54) is 23.9 Å². The molecule has 0 bridgehead atoms. The van der Waals surface area contributed by atoms with Gasteiger partial charge in [-0.2, -0.15) is 0 Å². The number of halogens is 1. The van der Waals surface area contributed by atoms with Crippen LogP contribution in [-0.2, 0) is 4.79 Å². The van der Waals surface area contributed by atoms with Crippen molar-refractivity contribution in [2.45, 2.75) is 11.8 Å². The van der Waals surface area contributed by atoms with Gasteiger partial charge in [0.2, 0.25) is 5.91 Å². The Bertz CT molecular complexity index is 631. The molecule has 1 amide bonds. The second-order valence-corrected chi connectivity index (χ2v) is 5.36. The van der Waals surface area contributed by atoms with Crippen LogP contribution in [0.3, 0.4) is 0 Å². The Balaban J connectivity index is 1.94. The van der Waals surface area contributed by atoms with Gasteiger partial charge in [-0.3, -0.25) is 4.79 Å². The Morgan fingerprint density at radius 2 is 2.05 bits per heavy atom. The fraction of sp³-hybridized carbons (Fsp3) is 0.133. The number of hydrogen-bond acceptors (Lipinski definition) is 3. The molecule has 2 rings (SSSR count). The van der Waals surface area contributed by atoms with Crippen molar-refractivity contribution in [3.63, 3.8) is 0 Å². The van der Waals surface area contributed by atoms with Crippen molar-refractivity contribution >= 4 is 29.0 Å². The molecule has 0 saturated heterocycles. The highest BCUT2D eigenvalue weighted by Gasteiger charge is 2.08. The Morgan fingerprint density at radius 3 is 2.75 bits per heavy atom. The van der Waals surface area contributed by atoms with Crippen LogP contribution in [0.1, 0.15) is 5.56 Å². The first-order chi connectivity index (χ1) is 9.56. The van der Waals surface area contributed by atoms with Crippen molar-refractivity contribution in [2.75, 3.05) is 16.8 Å². The maximum atomic E-state index is 13.4. The minimum atomic E-state index is -0.436. The maximum Gasteiger partial charge on any atom is 0.234 e. The molecular formula is C15H15FN2OS. The summed E-state index contributed by atoms with van der Waals surface area (Å²) >= 11 is 1.40. The predicted octanol–water partition coefficient (Wildman–Crippen LogP) is 3.45. The summed E-state index contributed by atoms with van der Waals surface area (Å²) in [6.45, 7) is 1.94. The Hall–Kier alpha value is -2.01. The van der Waals surface area contributed by atoms with Crippen molar-refractivity contribution < 1.29 is 9.18 Å². The van der Waals surface area contributed by atoms with Gasteiger partial charge in [0.1, 0.15) is 5.82 Å². The van der Waals surface area contributed by atoms with E-state index in [9.17, 15) is 9.18 Å². The van der Waals surface area contributed by atoms with Crippen LogP contribution < -0.4 is 11.1 Å². The number of nitrogens with one attached hydrogen (secondary N) is 1. The minimum absolute atomic E-state index is 0.201. The van der Waals surface area contributed by atoms with Gasteiger partial charge >= 0.3 is 0 Å². The number of hydrogen-bond donors (Lipinski definition) is 2. The molecule has 0 aliphatic carbocycles. The van der Waals surface area contributed by atoms with E-state index in [2.05, 4.69) is 5.32 Å². The number of anilines is 2. The zero-order chi connectivity index (χ0) is 14.5. The SMILES string of the molecule is Cc1cc(N)ccc1SCC(=O)Nc1ccccc1F. The van der Waals surface area contributed by atoms with Gasteiger partial charge in [-0.15, -0.1) is 11.8 Å². The number of para-hydroxylation sites is 1. The molecule has 0 atom stereocenters. The molecule has 0 saturated carbocycles. The summed E-state index contributed by atoms with van der Waals surface area (Å²) in [4.78, 5) is 12.8. The average Bonchev–Trinajstić information content (AvgIpc) is 2.40. The van der Waals surface area contributed by atoms with E-state index in [0.717, 1.165) is 10.5 Å². The number of carbonyl (C=O) groups is 1. The smallest absolute Gasteiger partial charge is 0.234 e. The summed E-state index contributed by atoms with van der Waals surface area (Å²) in [7, 11) is 0. The molecule has 0 unspecified atom stereocenters. The van der Waals surface area contributed by atoms with E-state index in [0.29, 0.717) is 5.69 Å². The number of aryl methyl sites for hydroxylation is 1. The molecule has 0 fully saturated rings. The molecule has 104 valence electrons. The summed E-state index contributed by atoms with van der Waals surface area (Å²) in [6.07, 6.45) is 0. The van der Waals surface area contributed by atoms with Crippen LogP contribution in [0.15, 0.2) is 47.4 Å². The van der Waals surface area contributed by atoms with Gasteiger partial charge in [0.25, 0.3) is 0 Å². The third kappa shape index (κ3) is 3.74. The number of amides is 1. The molecular weight excluding hydrogens is 275 g/mol. The monoisotopic (exact) mass is 290 g/mol. The van der Waals surface area contributed by atoms with Crippen LogP contribution in [0.5, 0.6) is 0 Å². The molecule has 3 N–H and O–H groups in total. The molecule has 2 aromatic carbocycles. The molecule has 0 spiro atoms. The highest BCUT2D eigenvalue weighted by molar-refractivity contribution is 8.00. The number of nitrogens with two attached hydrogens (primary N) is 1.